The van der Waals surface area contributed by atoms with Crippen LogP contribution in [0, 0.1) is 5.92 Å². The maximum Gasteiger partial charge on any atom is 0.335 e. The van der Waals surface area contributed by atoms with Gasteiger partial charge in [-0.3, -0.25) is 4.79 Å². The molecule has 0 radical (unpaired) electrons. The third kappa shape index (κ3) is 3.23. The van der Waals surface area contributed by atoms with Crippen LogP contribution in [0.25, 0.3) is 0 Å². The van der Waals surface area contributed by atoms with E-state index in [0.717, 1.165) is 28.2 Å². The van der Waals surface area contributed by atoms with Crippen LogP contribution in [0.1, 0.15) is 27.0 Å². The van der Waals surface area contributed by atoms with E-state index in [4.69, 9.17) is 9.47 Å². The van der Waals surface area contributed by atoms with E-state index >= 15 is 0 Å². The lowest BCUT2D eigenvalue weighted by molar-refractivity contribution is -0.137. The molecule has 1 unspecified atom stereocenters. The fourth-order valence-corrected chi connectivity index (χ4v) is 3.89. The Bertz CT molecular complexity index is 907. The van der Waals surface area contributed by atoms with Crippen molar-refractivity contribution >= 4 is 11.9 Å². The number of benzene rings is 2. The lowest BCUT2D eigenvalue weighted by Crippen LogP contribution is -2.43. The molecule has 1 amide bonds. The maximum atomic E-state index is 13.0. The van der Waals surface area contributed by atoms with Crippen molar-refractivity contribution in [3.63, 3.8) is 0 Å². The highest BCUT2D eigenvalue weighted by molar-refractivity contribution is 5.90. The van der Waals surface area contributed by atoms with Crippen molar-refractivity contribution in [2.75, 3.05) is 20.3 Å². The monoisotopic (exact) mass is 367 g/mol. The molecule has 0 saturated carbocycles. The first-order valence-electron chi connectivity index (χ1n) is 8.99. The van der Waals surface area contributed by atoms with E-state index in [1.165, 1.54) is 0 Å². The van der Waals surface area contributed by atoms with Gasteiger partial charge in [-0.15, -0.1) is 0 Å². The molecule has 0 aliphatic carbocycles. The topological polar surface area (TPSA) is 76.1 Å². The number of carbonyl (C=O) groups is 2. The SMILES string of the molecule is COc1ccc2c(c1)OCC(C(=O)N1CCc3c(cccc3C(=O)O)C1)C2. The Kier molecular flexibility index (Phi) is 4.48. The largest absolute Gasteiger partial charge is 0.497 e. The van der Waals surface area contributed by atoms with Crippen LogP contribution in [-0.4, -0.2) is 42.1 Å². The molecule has 27 heavy (non-hydrogen) atoms. The van der Waals surface area contributed by atoms with Crippen molar-refractivity contribution in [3.8, 4) is 11.5 Å². The molecule has 0 saturated heterocycles. The van der Waals surface area contributed by atoms with Gasteiger partial charge >= 0.3 is 5.97 Å². The maximum absolute atomic E-state index is 13.0. The summed E-state index contributed by atoms with van der Waals surface area (Å²) in [5.41, 5.74) is 3.09. The fourth-order valence-electron chi connectivity index (χ4n) is 3.89. The molecule has 4 rings (SSSR count). The molecule has 6 nitrogen and oxygen atoms in total. The lowest BCUT2D eigenvalue weighted by atomic mass is 9.91. The van der Waals surface area contributed by atoms with Crippen molar-refractivity contribution in [1.82, 2.24) is 4.90 Å². The molecule has 1 atom stereocenters. The molecule has 2 aliphatic rings. The van der Waals surface area contributed by atoms with Gasteiger partial charge in [-0.1, -0.05) is 18.2 Å². The Labute approximate surface area is 157 Å². The van der Waals surface area contributed by atoms with E-state index < -0.39 is 5.97 Å². The van der Waals surface area contributed by atoms with Gasteiger partial charge in [-0.25, -0.2) is 4.79 Å². The third-order valence-electron chi connectivity index (χ3n) is 5.34. The average molecular weight is 367 g/mol. The zero-order valence-corrected chi connectivity index (χ0v) is 15.1. The number of fused-ring (bicyclic) bond motifs is 2. The number of carboxylic acid groups (broad SMARTS) is 1. The van der Waals surface area contributed by atoms with Crippen LogP contribution in [0.2, 0.25) is 0 Å². The van der Waals surface area contributed by atoms with Crippen molar-refractivity contribution in [2.24, 2.45) is 5.92 Å². The summed E-state index contributed by atoms with van der Waals surface area (Å²) in [6.45, 7) is 1.32. The molecule has 0 spiro atoms. The lowest BCUT2D eigenvalue weighted by Gasteiger charge is -2.34. The normalized spacial score (nSPS) is 18.1. The Morgan fingerprint density at radius 3 is 2.85 bits per heavy atom. The highest BCUT2D eigenvalue weighted by Gasteiger charge is 2.32. The first kappa shape index (κ1) is 17.4. The summed E-state index contributed by atoms with van der Waals surface area (Å²) >= 11 is 0. The minimum absolute atomic E-state index is 0.0582. The third-order valence-corrected chi connectivity index (χ3v) is 5.34. The number of nitrogens with zero attached hydrogens (tertiary/aromatic N) is 1. The molecule has 2 aromatic rings. The van der Waals surface area contributed by atoms with Gasteiger partial charge in [0, 0.05) is 19.2 Å². The molecule has 6 heteroatoms. The van der Waals surface area contributed by atoms with Gasteiger partial charge in [-0.05, 0) is 41.7 Å². The minimum Gasteiger partial charge on any atom is -0.497 e. The number of ether oxygens (including phenoxy) is 2. The first-order chi connectivity index (χ1) is 13.1. The van der Waals surface area contributed by atoms with E-state index in [0.29, 0.717) is 38.1 Å². The van der Waals surface area contributed by atoms with Crippen molar-refractivity contribution < 1.29 is 24.2 Å². The quantitative estimate of drug-likeness (QED) is 0.902. The van der Waals surface area contributed by atoms with E-state index in [2.05, 4.69) is 0 Å². The zero-order valence-electron chi connectivity index (χ0n) is 15.1. The van der Waals surface area contributed by atoms with E-state index in [9.17, 15) is 14.7 Å². The molecule has 1 N–H and O–H groups in total. The van der Waals surface area contributed by atoms with Gasteiger partial charge in [0.15, 0.2) is 0 Å². The van der Waals surface area contributed by atoms with Gasteiger partial charge in [0.1, 0.15) is 18.1 Å². The number of hydrogen-bond donors (Lipinski definition) is 1. The average Bonchev–Trinajstić information content (AvgIpc) is 2.71. The predicted octanol–water partition coefficient (Wildman–Crippen LogP) is 2.53. The van der Waals surface area contributed by atoms with E-state index in [-0.39, 0.29) is 11.8 Å². The van der Waals surface area contributed by atoms with Crippen LogP contribution in [0.3, 0.4) is 0 Å². The van der Waals surface area contributed by atoms with Crippen molar-refractivity contribution in [1.29, 1.82) is 0 Å². The number of amides is 1. The standard InChI is InChI=1S/C21H21NO5/c1-26-16-6-5-13-9-15(12-27-19(13)10-16)20(23)22-8-7-17-14(11-22)3-2-4-18(17)21(24)25/h2-6,10,15H,7-9,11-12H2,1H3,(H,24,25). The van der Waals surface area contributed by atoms with Gasteiger partial charge in [0.05, 0.1) is 18.6 Å². The summed E-state index contributed by atoms with van der Waals surface area (Å²) in [5.74, 6) is 0.422. The van der Waals surface area contributed by atoms with E-state index in [1.807, 2.05) is 29.2 Å². The predicted molar refractivity (Wildman–Crippen MR) is 98.2 cm³/mol. The highest BCUT2D eigenvalue weighted by atomic mass is 16.5. The van der Waals surface area contributed by atoms with Crippen LogP contribution in [0.5, 0.6) is 11.5 Å². The Morgan fingerprint density at radius 1 is 1.22 bits per heavy atom. The number of aromatic carboxylic acids is 1. The summed E-state index contributed by atoms with van der Waals surface area (Å²) in [5, 5.41) is 9.34. The van der Waals surface area contributed by atoms with Crippen molar-refractivity contribution in [2.45, 2.75) is 19.4 Å². The Hall–Kier alpha value is -3.02. The van der Waals surface area contributed by atoms with Gasteiger partial charge < -0.3 is 19.5 Å². The first-order valence-corrected chi connectivity index (χ1v) is 8.99. The smallest absolute Gasteiger partial charge is 0.335 e. The Balaban J connectivity index is 1.49. The summed E-state index contributed by atoms with van der Waals surface area (Å²) in [6, 6.07) is 10.9. The van der Waals surface area contributed by atoms with E-state index in [1.54, 1.807) is 19.2 Å². The molecule has 2 heterocycles. The minimum atomic E-state index is -0.917. The number of carboxylic acids is 1. The molecule has 2 aromatic carbocycles. The zero-order chi connectivity index (χ0) is 19.0. The van der Waals surface area contributed by atoms with Gasteiger partial charge in [0.2, 0.25) is 5.91 Å². The second-order valence-electron chi connectivity index (χ2n) is 6.94. The number of carbonyl (C=O) groups excluding carboxylic acids is 1. The summed E-state index contributed by atoms with van der Waals surface area (Å²) in [4.78, 5) is 26.2. The molecule has 0 fully saturated rings. The van der Waals surface area contributed by atoms with Gasteiger partial charge in [-0.2, -0.15) is 0 Å². The van der Waals surface area contributed by atoms with Crippen LogP contribution >= 0.6 is 0 Å². The molecular formula is C21H21NO5. The highest BCUT2D eigenvalue weighted by Crippen LogP contribution is 2.32. The fraction of sp³-hybridized carbons (Fsp3) is 0.333. The van der Waals surface area contributed by atoms with Crippen LogP contribution in [0.15, 0.2) is 36.4 Å². The second-order valence-corrected chi connectivity index (χ2v) is 6.94. The number of hydrogen-bond acceptors (Lipinski definition) is 4. The van der Waals surface area contributed by atoms with Crippen LogP contribution < -0.4 is 9.47 Å². The number of methoxy groups -OCH3 is 1. The summed E-state index contributed by atoms with van der Waals surface area (Å²) < 4.78 is 11.0. The molecule has 0 bridgehead atoms. The van der Waals surface area contributed by atoms with Crippen LogP contribution in [0.4, 0.5) is 0 Å². The molecule has 0 aromatic heterocycles. The molecule has 2 aliphatic heterocycles. The molecule has 140 valence electrons. The summed E-state index contributed by atoms with van der Waals surface area (Å²) in [6.07, 6.45) is 1.20. The van der Waals surface area contributed by atoms with Gasteiger partial charge in [0.25, 0.3) is 0 Å². The molecular weight excluding hydrogens is 346 g/mol. The second kappa shape index (κ2) is 6.95. The summed E-state index contributed by atoms with van der Waals surface area (Å²) in [7, 11) is 1.61. The Morgan fingerprint density at radius 2 is 2.07 bits per heavy atom. The van der Waals surface area contributed by atoms with Crippen LogP contribution in [-0.2, 0) is 24.2 Å². The number of rotatable bonds is 3. The van der Waals surface area contributed by atoms with Crippen molar-refractivity contribution in [3.05, 3.63) is 58.7 Å².